The summed E-state index contributed by atoms with van der Waals surface area (Å²) in [6.07, 6.45) is 3.89. The molecule has 1 aliphatic carbocycles. The van der Waals surface area contributed by atoms with E-state index < -0.39 is 0 Å². The van der Waals surface area contributed by atoms with Crippen LogP contribution in [0.15, 0.2) is 16.5 Å². The van der Waals surface area contributed by atoms with Gasteiger partial charge < -0.3 is 9.52 Å². The van der Waals surface area contributed by atoms with Crippen LogP contribution >= 0.6 is 0 Å². The molecule has 1 N–H and O–H groups in total. The van der Waals surface area contributed by atoms with Gasteiger partial charge in [-0.3, -0.25) is 4.90 Å². The van der Waals surface area contributed by atoms with E-state index in [1.807, 2.05) is 12.1 Å². The van der Waals surface area contributed by atoms with Crippen molar-refractivity contribution in [3.05, 3.63) is 23.7 Å². The monoisotopic (exact) mass is 237 g/mol. The maximum absolute atomic E-state index is 8.98. The van der Waals surface area contributed by atoms with Gasteiger partial charge in [0, 0.05) is 6.04 Å². The van der Waals surface area contributed by atoms with E-state index in [1.165, 1.54) is 19.3 Å². The SMILES string of the molecule is CC(C)CCN(Cc1ccc(CO)o1)C1CC1. The second-order valence-electron chi connectivity index (χ2n) is 5.41. The van der Waals surface area contributed by atoms with Gasteiger partial charge in [-0.2, -0.15) is 0 Å². The first-order valence-electron chi connectivity index (χ1n) is 6.61. The molecule has 1 aliphatic rings. The van der Waals surface area contributed by atoms with E-state index in [1.54, 1.807) is 0 Å². The molecule has 96 valence electrons. The number of furan rings is 1. The van der Waals surface area contributed by atoms with Crippen molar-refractivity contribution in [2.75, 3.05) is 6.54 Å². The molecule has 0 atom stereocenters. The zero-order valence-corrected chi connectivity index (χ0v) is 10.9. The lowest BCUT2D eigenvalue weighted by molar-refractivity contribution is 0.206. The van der Waals surface area contributed by atoms with Gasteiger partial charge in [-0.1, -0.05) is 13.8 Å². The number of aliphatic hydroxyl groups excluding tert-OH is 1. The minimum Gasteiger partial charge on any atom is -0.462 e. The molecule has 0 saturated heterocycles. The van der Waals surface area contributed by atoms with Gasteiger partial charge in [0.1, 0.15) is 18.1 Å². The molecule has 0 unspecified atom stereocenters. The van der Waals surface area contributed by atoms with Crippen molar-refractivity contribution in [3.8, 4) is 0 Å². The van der Waals surface area contributed by atoms with Crippen LogP contribution in [0.3, 0.4) is 0 Å². The number of hydrogen-bond acceptors (Lipinski definition) is 3. The second-order valence-corrected chi connectivity index (χ2v) is 5.41. The average Bonchev–Trinajstić information content (AvgIpc) is 3.04. The Morgan fingerprint density at radius 2 is 2.06 bits per heavy atom. The van der Waals surface area contributed by atoms with Crippen LogP contribution in [0.25, 0.3) is 0 Å². The predicted molar refractivity (Wildman–Crippen MR) is 67.5 cm³/mol. The Hall–Kier alpha value is -0.800. The largest absolute Gasteiger partial charge is 0.462 e. The highest BCUT2D eigenvalue weighted by atomic mass is 16.4. The fraction of sp³-hybridized carbons (Fsp3) is 0.714. The van der Waals surface area contributed by atoms with E-state index in [2.05, 4.69) is 18.7 Å². The quantitative estimate of drug-likeness (QED) is 0.792. The minimum absolute atomic E-state index is 0.00454. The Morgan fingerprint density at radius 3 is 2.59 bits per heavy atom. The predicted octanol–water partition coefficient (Wildman–Crippen LogP) is 2.78. The smallest absolute Gasteiger partial charge is 0.129 e. The summed E-state index contributed by atoms with van der Waals surface area (Å²) in [7, 11) is 0. The Balaban J connectivity index is 1.88. The molecule has 1 aromatic rings. The number of hydrogen-bond donors (Lipinski definition) is 1. The first-order valence-corrected chi connectivity index (χ1v) is 6.61. The van der Waals surface area contributed by atoms with Crippen LogP contribution in [0.4, 0.5) is 0 Å². The van der Waals surface area contributed by atoms with E-state index in [9.17, 15) is 0 Å². The van der Waals surface area contributed by atoms with E-state index in [0.717, 1.165) is 30.8 Å². The van der Waals surface area contributed by atoms with Gasteiger partial charge in [-0.25, -0.2) is 0 Å². The fourth-order valence-electron chi connectivity index (χ4n) is 2.05. The van der Waals surface area contributed by atoms with Gasteiger partial charge in [0.2, 0.25) is 0 Å². The van der Waals surface area contributed by atoms with Crippen molar-refractivity contribution in [1.29, 1.82) is 0 Å². The van der Waals surface area contributed by atoms with Crippen molar-refractivity contribution in [3.63, 3.8) is 0 Å². The van der Waals surface area contributed by atoms with Crippen molar-refractivity contribution < 1.29 is 9.52 Å². The minimum atomic E-state index is -0.00454. The molecular formula is C14H23NO2. The lowest BCUT2D eigenvalue weighted by Crippen LogP contribution is -2.27. The molecule has 0 amide bonds. The second kappa shape index (κ2) is 5.69. The maximum atomic E-state index is 8.98. The molecule has 0 aromatic carbocycles. The third-order valence-electron chi connectivity index (χ3n) is 3.29. The van der Waals surface area contributed by atoms with E-state index in [-0.39, 0.29) is 6.61 Å². The molecule has 1 saturated carbocycles. The molecule has 0 aliphatic heterocycles. The number of rotatable bonds is 7. The lowest BCUT2D eigenvalue weighted by atomic mass is 10.1. The molecule has 1 heterocycles. The van der Waals surface area contributed by atoms with E-state index in [0.29, 0.717) is 5.76 Å². The molecule has 0 bridgehead atoms. The number of nitrogens with zero attached hydrogens (tertiary/aromatic N) is 1. The Morgan fingerprint density at radius 1 is 1.35 bits per heavy atom. The highest BCUT2D eigenvalue weighted by molar-refractivity contribution is 5.07. The lowest BCUT2D eigenvalue weighted by Gasteiger charge is -2.21. The van der Waals surface area contributed by atoms with Crippen molar-refractivity contribution in [1.82, 2.24) is 4.90 Å². The highest BCUT2D eigenvalue weighted by Crippen LogP contribution is 2.29. The first kappa shape index (κ1) is 12.7. The van der Waals surface area contributed by atoms with Gasteiger partial charge in [-0.05, 0) is 43.9 Å². The van der Waals surface area contributed by atoms with Crippen molar-refractivity contribution in [2.45, 2.75) is 52.3 Å². The molecule has 2 rings (SSSR count). The van der Waals surface area contributed by atoms with Crippen LogP contribution < -0.4 is 0 Å². The van der Waals surface area contributed by atoms with Crippen molar-refractivity contribution >= 4 is 0 Å². The zero-order chi connectivity index (χ0) is 12.3. The van der Waals surface area contributed by atoms with Crippen LogP contribution in [0, 0.1) is 5.92 Å². The van der Waals surface area contributed by atoms with Gasteiger partial charge >= 0.3 is 0 Å². The summed E-state index contributed by atoms with van der Waals surface area (Å²) in [6, 6.07) is 4.61. The Bertz CT molecular complexity index is 342. The van der Waals surface area contributed by atoms with Crippen LogP contribution in [-0.2, 0) is 13.2 Å². The summed E-state index contributed by atoms with van der Waals surface area (Å²) in [4.78, 5) is 2.51. The third-order valence-corrected chi connectivity index (χ3v) is 3.29. The summed E-state index contributed by atoms with van der Waals surface area (Å²) in [5.74, 6) is 2.39. The first-order chi connectivity index (χ1) is 8.19. The van der Waals surface area contributed by atoms with Gasteiger partial charge in [0.15, 0.2) is 0 Å². The normalized spacial score (nSPS) is 16.1. The van der Waals surface area contributed by atoms with Gasteiger partial charge in [0.25, 0.3) is 0 Å². The molecule has 3 nitrogen and oxygen atoms in total. The molecule has 1 fully saturated rings. The number of aliphatic hydroxyl groups is 1. The van der Waals surface area contributed by atoms with Crippen molar-refractivity contribution in [2.24, 2.45) is 5.92 Å². The van der Waals surface area contributed by atoms with E-state index in [4.69, 9.17) is 9.52 Å². The summed E-state index contributed by atoms with van der Waals surface area (Å²) in [5.41, 5.74) is 0. The average molecular weight is 237 g/mol. The molecule has 0 spiro atoms. The van der Waals surface area contributed by atoms with Crippen LogP contribution in [0.5, 0.6) is 0 Å². The standard InChI is InChI=1S/C14H23NO2/c1-11(2)7-8-15(12-3-4-12)9-13-5-6-14(10-16)17-13/h5-6,11-12,16H,3-4,7-10H2,1-2H3. The summed E-state index contributed by atoms with van der Waals surface area (Å²) in [5, 5.41) is 8.98. The Labute approximate surface area is 103 Å². The highest BCUT2D eigenvalue weighted by Gasteiger charge is 2.29. The van der Waals surface area contributed by atoms with Gasteiger partial charge in [0.05, 0.1) is 6.54 Å². The molecule has 17 heavy (non-hydrogen) atoms. The van der Waals surface area contributed by atoms with Crippen LogP contribution in [-0.4, -0.2) is 22.6 Å². The molecular weight excluding hydrogens is 214 g/mol. The Kier molecular flexibility index (Phi) is 4.24. The molecule has 3 heteroatoms. The molecule has 1 aromatic heterocycles. The van der Waals surface area contributed by atoms with E-state index >= 15 is 0 Å². The summed E-state index contributed by atoms with van der Waals surface area (Å²) in [6.45, 7) is 6.56. The summed E-state index contributed by atoms with van der Waals surface area (Å²) < 4.78 is 5.56. The molecule has 0 radical (unpaired) electrons. The maximum Gasteiger partial charge on any atom is 0.129 e. The topological polar surface area (TPSA) is 36.6 Å². The summed E-state index contributed by atoms with van der Waals surface area (Å²) >= 11 is 0. The van der Waals surface area contributed by atoms with Crippen LogP contribution in [0.2, 0.25) is 0 Å². The van der Waals surface area contributed by atoms with Crippen LogP contribution in [0.1, 0.15) is 44.6 Å². The third kappa shape index (κ3) is 3.86. The van der Waals surface area contributed by atoms with Gasteiger partial charge in [-0.15, -0.1) is 0 Å². The zero-order valence-electron chi connectivity index (χ0n) is 10.9. The fourth-order valence-corrected chi connectivity index (χ4v) is 2.05.